The van der Waals surface area contributed by atoms with Crippen molar-refractivity contribution in [1.82, 2.24) is 20.1 Å². The van der Waals surface area contributed by atoms with Crippen LogP contribution in [-0.4, -0.2) is 58.3 Å². The predicted octanol–water partition coefficient (Wildman–Crippen LogP) is 2.85. The first kappa shape index (κ1) is 17.0. The van der Waals surface area contributed by atoms with Crippen LogP contribution >= 0.6 is 0 Å². The van der Waals surface area contributed by atoms with E-state index in [-0.39, 0.29) is 12.0 Å². The summed E-state index contributed by atoms with van der Waals surface area (Å²) in [6, 6.07) is 9.54. The number of hydrogen-bond donors (Lipinski definition) is 1. The van der Waals surface area contributed by atoms with E-state index in [9.17, 15) is 4.79 Å². The summed E-state index contributed by atoms with van der Waals surface area (Å²) in [4.78, 5) is 21.6. The Kier molecular flexibility index (Phi) is 4.35. The first-order chi connectivity index (χ1) is 13.8. The molecule has 0 aliphatic carbocycles. The van der Waals surface area contributed by atoms with Gasteiger partial charge in [-0.15, -0.1) is 0 Å². The Bertz CT molecular complexity index is 995. The zero-order valence-corrected chi connectivity index (χ0v) is 15.7. The molecule has 3 aromatic rings. The summed E-state index contributed by atoms with van der Waals surface area (Å²) in [6.07, 6.45) is 6.77. The minimum absolute atomic E-state index is 0.00726. The topological polar surface area (TPSA) is 74.3 Å². The van der Waals surface area contributed by atoms with Gasteiger partial charge >= 0.3 is 0 Å². The van der Waals surface area contributed by atoms with Crippen LogP contribution in [0.15, 0.2) is 42.7 Å². The van der Waals surface area contributed by atoms with Gasteiger partial charge in [-0.25, -0.2) is 4.98 Å². The van der Waals surface area contributed by atoms with Gasteiger partial charge in [0.25, 0.3) is 5.91 Å². The van der Waals surface area contributed by atoms with Crippen molar-refractivity contribution in [3.05, 3.63) is 48.3 Å². The van der Waals surface area contributed by atoms with Crippen molar-refractivity contribution in [3.8, 4) is 5.75 Å². The van der Waals surface area contributed by atoms with Crippen LogP contribution in [-0.2, 0) is 0 Å². The van der Waals surface area contributed by atoms with Crippen molar-refractivity contribution in [2.45, 2.75) is 25.4 Å². The fourth-order valence-electron chi connectivity index (χ4n) is 4.09. The van der Waals surface area contributed by atoms with Gasteiger partial charge in [-0.3, -0.25) is 9.89 Å². The largest absolute Gasteiger partial charge is 0.485 e. The lowest BCUT2D eigenvalue weighted by Gasteiger charge is -2.22. The van der Waals surface area contributed by atoms with E-state index >= 15 is 0 Å². The number of ether oxygens (including phenoxy) is 1. The van der Waals surface area contributed by atoms with Crippen molar-refractivity contribution in [2.24, 2.45) is 0 Å². The van der Waals surface area contributed by atoms with Gasteiger partial charge in [0.15, 0.2) is 11.6 Å². The summed E-state index contributed by atoms with van der Waals surface area (Å²) in [5.74, 6) is 1.79. The molecule has 2 aliphatic rings. The standard InChI is InChI=1S/C21H23N5O2/c27-21(15-5-6-18-16(12-15)13-23-24-18)26-11-7-17(14-26)28-19-4-3-8-22-20(19)25-9-1-2-10-25/h3-6,8,12-13,17H,1-2,7,9-11,14H2,(H,23,24)/t17-/m0/s1. The number of aromatic amines is 1. The Morgan fingerprint density at radius 2 is 2.07 bits per heavy atom. The van der Waals surface area contributed by atoms with Crippen LogP contribution in [0.1, 0.15) is 29.6 Å². The van der Waals surface area contributed by atoms with Crippen LogP contribution in [0.25, 0.3) is 10.9 Å². The zero-order valence-electron chi connectivity index (χ0n) is 15.7. The van der Waals surface area contributed by atoms with Crippen molar-refractivity contribution < 1.29 is 9.53 Å². The summed E-state index contributed by atoms with van der Waals surface area (Å²) in [6.45, 7) is 3.35. The van der Waals surface area contributed by atoms with Crippen LogP contribution < -0.4 is 9.64 Å². The molecule has 0 bridgehead atoms. The lowest BCUT2D eigenvalue weighted by molar-refractivity contribution is 0.0772. The molecule has 5 rings (SSSR count). The molecule has 144 valence electrons. The average molecular weight is 377 g/mol. The van der Waals surface area contributed by atoms with E-state index < -0.39 is 0 Å². The zero-order chi connectivity index (χ0) is 18.9. The van der Waals surface area contributed by atoms with Crippen LogP contribution in [0.4, 0.5) is 5.82 Å². The van der Waals surface area contributed by atoms with Gasteiger partial charge in [-0.1, -0.05) is 0 Å². The third-order valence-corrected chi connectivity index (χ3v) is 5.57. The maximum absolute atomic E-state index is 12.9. The second kappa shape index (κ2) is 7.14. The van der Waals surface area contributed by atoms with Crippen LogP contribution in [0.2, 0.25) is 0 Å². The van der Waals surface area contributed by atoms with Crippen LogP contribution in [0.5, 0.6) is 5.75 Å². The molecule has 2 aliphatic heterocycles. The Morgan fingerprint density at radius 1 is 1.18 bits per heavy atom. The second-order valence-corrected chi connectivity index (χ2v) is 7.47. The molecule has 0 saturated carbocycles. The minimum Gasteiger partial charge on any atom is -0.485 e. The number of nitrogens with zero attached hydrogens (tertiary/aromatic N) is 4. The molecule has 1 aromatic carbocycles. The van der Waals surface area contributed by atoms with Gasteiger partial charge in [0.2, 0.25) is 0 Å². The normalized spacial score (nSPS) is 19.5. The van der Waals surface area contributed by atoms with E-state index in [4.69, 9.17) is 4.74 Å². The lowest BCUT2D eigenvalue weighted by atomic mass is 10.1. The van der Waals surface area contributed by atoms with E-state index in [1.807, 2.05) is 41.4 Å². The third-order valence-electron chi connectivity index (χ3n) is 5.57. The molecular weight excluding hydrogens is 354 g/mol. The lowest BCUT2D eigenvalue weighted by Crippen LogP contribution is -2.31. The first-order valence-electron chi connectivity index (χ1n) is 9.87. The van der Waals surface area contributed by atoms with E-state index in [2.05, 4.69) is 20.1 Å². The molecule has 0 unspecified atom stereocenters. The molecule has 28 heavy (non-hydrogen) atoms. The fourth-order valence-corrected chi connectivity index (χ4v) is 4.09. The van der Waals surface area contributed by atoms with Crippen molar-refractivity contribution in [1.29, 1.82) is 0 Å². The third kappa shape index (κ3) is 3.17. The number of likely N-dealkylation sites (tertiary alicyclic amines) is 1. The molecular formula is C21H23N5O2. The van der Waals surface area contributed by atoms with Gasteiger partial charge in [-0.2, -0.15) is 5.10 Å². The van der Waals surface area contributed by atoms with E-state index in [1.54, 1.807) is 6.20 Å². The summed E-state index contributed by atoms with van der Waals surface area (Å²) < 4.78 is 6.28. The molecule has 7 heteroatoms. The average Bonchev–Trinajstić information content (AvgIpc) is 3.48. The number of carbonyl (C=O) groups is 1. The van der Waals surface area contributed by atoms with Gasteiger partial charge in [0.05, 0.1) is 18.3 Å². The molecule has 0 radical (unpaired) electrons. The van der Waals surface area contributed by atoms with Gasteiger partial charge in [-0.05, 0) is 43.2 Å². The number of nitrogens with one attached hydrogen (secondary N) is 1. The Morgan fingerprint density at radius 3 is 2.96 bits per heavy atom. The molecule has 2 aromatic heterocycles. The quantitative estimate of drug-likeness (QED) is 0.757. The summed E-state index contributed by atoms with van der Waals surface area (Å²) >= 11 is 0. The maximum Gasteiger partial charge on any atom is 0.254 e. The molecule has 0 spiro atoms. The van der Waals surface area contributed by atoms with E-state index in [1.165, 1.54) is 12.8 Å². The number of hydrogen-bond acceptors (Lipinski definition) is 5. The van der Waals surface area contributed by atoms with E-state index in [0.29, 0.717) is 18.7 Å². The molecule has 4 heterocycles. The summed E-state index contributed by atoms with van der Waals surface area (Å²) in [5, 5.41) is 7.88. The number of H-pyrrole nitrogens is 1. The molecule has 2 saturated heterocycles. The van der Waals surface area contributed by atoms with Gasteiger partial charge in [0.1, 0.15) is 6.10 Å². The number of rotatable bonds is 4. The summed E-state index contributed by atoms with van der Waals surface area (Å²) in [7, 11) is 0. The highest BCUT2D eigenvalue weighted by atomic mass is 16.5. The number of aromatic nitrogens is 3. The molecule has 1 N–H and O–H groups in total. The number of pyridine rings is 1. The van der Waals surface area contributed by atoms with Gasteiger partial charge < -0.3 is 14.5 Å². The second-order valence-electron chi connectivity index (χ2n) is 7.47. The number of anilines is 1. The SMILES string of the molecule is O=C(c1ccc2[nH]ncc2c1)N1CC[C@H](Oc2cccnc2N2CCCC2)C1. The highest BCUT2D eigenvalue weighted by molar-refractivity contribution is 5.98. The Hall–Kier alpha value is -3.09. The summed E-state index contributed by atoms with van der Waals surface area (Å²) in [5.41, 5.74) is 1.62. The predicted molar refractivity (Wildman–Crippen MR) is 107 cm³/mol. The monoisotopic (exact) mass is 377 g/mol. The number of carbonyl (C=O) groups excluding carboxylic acids is 1. The number of benzene rings is 1. The molecule has 1 amide bonds. The molecule has 2 fully saturated rings. The van der Waals surface area contributed by atoms with Crippen LogP contribution in [0.3, 0.4) is 0 Å². The smallest absolute Gasteiger partial charge is 0.254 e. The highest BCUT2D eigenvalue weighted by Crippen LogP contribution is 2.30. The minimum atomic E-state index is -0.00726. The van der Waals surface area contributed by atoms with Crippen molar-refractivity contribution in [3.63, 3.8) is 0 Å². The fraction of sp³-hybridized carbons (Fsp3) is 0.381. The van der Waals surface area contributed by atoms with Crippen molar-refractivity contribution in [2.75, 3.05) is 31.1 Å². The Labute approximate surface area is 163 Å². The van der Waals surface area contributed by atoms with Crippen LogP contribution in [0, 0.1) is 0 Å². The van der Waals surface area contributed by atoms with Crippen molar-refractivity contribution >= 4 is 22.6 Å². The molecule has 7 nitrogen and oxygen atoms in total. The highest BCUT2D eigenvalue weighted by Gasteiger charge is 2.29. The number of fused-ring (bicyclic) bond motifs is 1. The first-order valence-corrected chi connectivity index (χ1v) is 9.87. The molecule has 1 atom stereocenters. The maximum atomic E-state index is 12.9. The van der Waals surface area contributed by atoms with Gasteiger partial charge in [0, 0.05) is 43.2 Å². The van der Waals surface area contributed by atoms with E-state index in [0.717, 1.165) is 42.0 Å². The number of amides is 1. The Balaban J connectivity index is 1.28.